The minimum Gasteiger partial charge on any atom is -0.381 e. The standard InChI is InChI=1S/C31H37ClN6OS/c32-26-10-6-9-25(19-26)31(12-17-39-18-13-31)22-33-30(40)36-29-34-27(37-14-4-1-5-15-37)20-28(35-29)38-16-11-23-7-2-3-8-24(23)21-38/h2-3,6-10,19-20H,1,4-5,11-18,21-22H2,(H2,33,34,35,36,40). The van der Waals surface area contributed by atoms with Crippen LogP contribution in [0.3, 0.4) is 0 Å². The van der Waals surface area contributed by atoms with Crippen LogP contribution < -0.4 is 20.4 Å². The molecule has 4 heterocycles. The Morgan fingerprint density at radius 2 is 1.65 bits per heavy atom. The van der Waals surface area contributed by atoms with Gasteiger partial charge in [-0.05, 0) is 79.6 Å². The summed E-state index contributed by atoms with van der Waals surface area (Å²) in [7, 11) is 0. The molecular formula is C31H37ClN6OS. The second-order valence-electron chi connectivity index (χ2n) is 11.1. The first kappa shape index (κ1) is 27.2. The molecule has 3 aliphatic rings. The third-order valence-electron chi connectivity index (χ3n) is 8.53. The van der Waals surface area contributed by atoms with Crippen LogP contribution in [0.1, 0.15) is 48.8 Å². The van der Waals surface area contributed by atoms with Gasteiger partial charge in [0.05, 0.1) is 0 Å². The average Bonchev–Trinajstić information content (AvgIpc) is 3.00. The quantitative estimate of drug-likeness (QED) is 0.361. The third kappa shape index (κ3) is 6.19. The summed E-state index contributed by atoms with van der Waals surface area (Å²) in [4.78, 5) is 14.6. The minimum atomic E-state index is -0.0995. The van der Waals surface area contributed by atoms with Crippen LogP contribution in [-0.2, 0) is 23.1 Å². The number of thiocarbonyl (C=S) groups is 1. The number of nitrogens with zero attached hydrogens (tertiary/aromatic N) is 4. The van der Waals surface area contributed by atoms with Gasteiger partial charge >= 0.3 is 0 Å². The molecule has 0 unspecified atom stereocenters. The molecule has 3 aliphatic heterocycles. The van der Waals surface area contributed by atoms with Crippen molar-refractivity contribution >= 4 is 46.5 Å². The van der Waals surface area contributed by atoms with Crippen molar-refractivity contribution in [2.75, 3.05) is 54.5 Å². The number of aromatic nitrogens is 2. The Morgan fingerprint density at radius 3 is 2.42 bits per heavy atom. The monoisotopic (exact) mass is 576 g/mol. The lowest BCUT2D eigenvalue weighted by molar-refractivity contribution is 0.0515. The minimum absolute atomic E-state index is 0.0995. The number of hydrogen-bond acceptors (Lipinski definition) is 6. The Morgan fingerprint density at radius 1 is 0.900 bits per heavy atom. The van der Waals surface area contributed by atoms with Gasteiger partial charge in [-0.25, -0.2) is 0 Å². The van der Waals surface area contributed by atoms with Gasteiger partial charge in [-0.15, -0.1) is 0 Å². The van der Waals surface area contributed by atoms with Crippen molar-refractivity contribution < 1.29 is 4.74 Å². The first-order chi connectivity index (χ1) is 19.6. The van der Waals surface area contributed by atoms with E-state index in [0.717, 1.165) is 75.3 Å². The lowest BCUT2D eigenvalue weighted by atomic mass is 9.74. The van der Waals surface area contributed by atoms with E-state index < -0.39 is 0 Å². The maximum atomic E-state index is 6.37. The number of nitrogens with one attached hydrogen (secondary N) is 2. The fourth-order valence-corrected chi connectivity index (χ4v) is 6.51. The van der Waals surface area contributed by atoms with Crippen molar-refractivity contribution in [3.05, 3.63) is 76.3 Å². The molecule has 0 amide bonds. The fraction of sp³-hybridized carbons (Fsp3) is 0.452. The number of halogens is 1. The van der Waals surface area contributed by atoms with Gasteiger partial charge in [0.15, 0.2) is 5.11 Å². The molecule has 2 saturated heterocycles. The van der Waals surface area contributed by atoms with Crippen LogP contribution in [-0.4, -0.2) is 54.5 Å². The highest BCUT2D eigenvalue weighted by molar-refractivity contribution is 7.80. The van der Waals surface area contributed by atoms with E-state index in [9.17, 15) is 0 Å². The van der Waals surface area contributed by atoms with Gasteiger partial charge in [-0.3, -0.25) is 0 Å². The highest BCUT2D eigenvalue weighted by Gasteiger charge is 2.35. The second kappa shape index (κ2) is 12.3. The van der Waals surface area contributed by atoms with Crippen LogP contribution in [0.4, 0.5) is 17.6 Å². The summed E-state index contributed by atoms with van der Waals surface area (Å²) in [6.45, 7) is 5.94. The van der Waals surface area contributed by atoms with Crippen LogP contribution in [0.2, 0.25) is 5.02 Å². The van der Waals surface area contributed by atoms with Crippen LogP contribution in [0.5, 0.6) is 0 Å². The number of ether oxygens (including phenoxy) is 1. The zero-order chi connectivity index (χ0) is 27.4. The number of benzene rings is 2. The van der Waals surface area contributed by atoms with Crippen LogP contribution in [0.15, 0.2) is 54.6 Å². The Hall–Kier alpha value is -2.94. The molecule has 2 aromatic carbocycles. The zero-order valence-corrected chi connectivity index (χ0v) is 24.4. The number of hydrogen-bond donors (Lipinski definition) is 2. The van der Waals surface area contributed by atoms with E-state index in [0.29, 0.717) is 17.6 Å². The lowest BCUT2D eigenvalue weighted by Gasteiger charge is -2.38. The first-order valence-corrected chi connectivity index (χ1v) is 15.2. The molecule has 2 fully saturated rings. The molecule has 0 atom stereocenters. The van der Waals surface area contributed by atoms with Gasteiger partial charge in [0.1, 0.15) is 11.6 Å². The molecule has 6 rings (SSSR count). The molecule has 0 bridgehead atoms. The fourth-order valence-electron chi connectivity index (χ4n) is 6.16. The van der Waals surface area contributed by atoms with Gasteiger partial charge in [-0.1, -0.05) is 48.0 Å². The van der Waals surface area contributed by atoms with E-state index in [1.165, 1.54) is 36.0 Å². The van der Waals surface area contributed by atoms with E-state index in [4.69, 9.17) is 38.5 Å². The summed E-state index contributed by atoms with van der Waals surface area (Å²) >= 11 is 12.2. The molecule has 3 aromatic rings. The zero-order valence-electron chi connectivity index (χ0n) is 22.9. The number of anilines is 3. The van der Waals surface area contributed by atoms with Crippen LogP contribution in [0, 0.1) is 0 Å². The maximum Gasteiger partial charge on any atom is 0.232 e. The number of piperidine rings is 1. The molecular weight excluding hydrogens is 540 g/mol. The van der Waals surface area contributed by atoms with E-state index in [1.807, 2.05) is 12.1 Å². The Bertz CT molecular complexity index is 1340. The van der Waals surface area contributed by atoms with Crippen molar-refractivity contribution in [2.24, 2.45) is 0 Å². The Labute approximate surface area is 247 Å². The van der Waals surface area contributed by atoms with Gasteiger partial charge < -0.3 is 25.2 Å². The van der Waals surface area contributed by atoms with E-state index in [2.05, 4.69) is 62.9 Å². The predicted molar refractivity (Wildman–Crippen MR) is 167 cm³/mol. The summed E-state index contributed by atoms with van der Waals surface area (Å²) in [6.07, 6.45) is 6.48. The molecule has 0 radical (unpaired) electrons. The average molecular weight is 577 g/mol. The van der Waals surface area contributed by atoms with Crippen molar-refractivity contribution in [1.29, 1.82) is 0 Å². The molecule has 7 nitrogen and oxygen atoms in total. The van der Waals surface area contributed by atoms with Crippen molar-refractivity contribution in [3.8, 4) is 0 Å². The second-order valence-corrected chi connectivity index (χ2v) is 12.0. The largest absolute Gasteiger partial charge is 0.381 e. The predicted octanol–water partition coefficient (Wildman–Crippen LogP) is 5.72. The summed E-state index contributed by atoms with van der Waals surface area (Å²) in [5.41, 5.74) is 3.91. The van der Waals surface area contributed by atoms with Gasteiger partial charge in [0.2, 0.25) is 5.95 Å². The van der Waals surface area contributed by atoms with Crippen molar-refractivity contribution in [2.45, 2.75) is 50.5 Å². The molecule has 1 aromatic heterocycles. The first-order valence-electron chi connectivity index (χ1n) is 14.4. The van der Waals surface area contributed by atoms with Gasteiger partial charge in [-0.2, -0.15) is 9.97 Å². The van der Waals surface area contributed by atoms with Crippen molar-refractivity contribution in [1.82, 2.24) is 15.3 Å². The normalized spacial score (nSPS) is 18.6. The third-order valence-corrected chi connectivity index (χ3v) is 9.01. The lowest BCUT2D eigenvalue weighted by Crippen LogP contribution is -2.45. The summed E-state index contributed by atoms with van der Waals surface area (Å²) in [6, 6.07) is 19.0. The molecule has 2 N–H and O–H groups in total. The Balaban J connectivity index is 1.21. The number of fused-ring (bicyclic) bond motifs is 1. The smallest absolute Gasteiger partial charge is 0.232 e. The van der Waals surface area contributed by atoms with E-state index in [-0.39, 0.29) is 5.41 Å². The molecule has 0 spiro atoms. The molecule has 0 aliphatic carbocycles. The molecule has 9 heteroatoms. The molecule has 0 saturated carbocycles. The SMILES string of the molecule is S=C(NCC1(c2cccc(Cl)c2)CCOCC1)Nc1nc(N2CCCCC2)cc(N2CCc3ccccc3C2)n1. The topological polar surface area (TPSA) is 65.6 Å². The Kier molecular flexibility index (Phi) is 8.37. The highest BCUT2D eigenvalue weighted by atomic mass is 35.5. The van der Waals surface area contributed by atoms with Gasteiger partial charge in [0.25, 0.3) is 0 Å². The van der Waals surface area contributed by atoms with Gasteiger partial charge in [0, 0.05) is 62.4 Å². The van der Waals surface area contributed by atoms with Crippen molar-refractivity contribution in [3.63, 3.8) is 0 Å². The summed E-state index contributed by atoms with van der Waals surface area (Å²) in [5, 5.41) is 8.09. The molecule has 40 heavy (non-hydrogen) atoms. The maximum absolute atomic E-state index is 6.37. The van der Waals surface area contributed by atoms with E-state index in [1.54, 1.807) is 0 Å². The van der Waals surface area contributed by atoms with Crippen LogP contribution >= 0.6 is 23.8 Å². The van der Waals surface area contributed by atoms with E-state index >= 15 is 0 Å². The molecule has 210 valence electrons. The van der Waals surface area contributed by atoms with Crippen LogP contribution in [0.25, 0.3) is 0 Å². The summed E-state index contributed by atoms with van der Waals surface area (Å²) in [5.74, 6) is 2.45. The number of rotatable bonds is 6. The summed E-state index contributed by atoms with van der Waals surface area (Å²) < 4.78 is 5.70. The highest BCUT2D eigenvalue weighted by Crippen LogP contribution is 2.35.